The Hall–Kier alpha value is -1.03. The summed E-state index contributed by atoms with van der Waals surface area (Å²) in [5.74, 6) is -0.243. The molecule has 0 radical (unpaired) electrons. The number of carboxylic acids is 1. The Morgan fingerprint density at radius 1 is 1.53 bits per heavy atom. The third kappa shape index (κ3) is 4.34. The van der Waals surface area contributed by atoms with Gasteiger partial charge in [0.05, 0.1) is 6.61 Å². The number of aromatic carboxylic acids is 1. The van der Waals surface area contributed by atoms with Crippen molar-refractivity contribution in [1.29, 1.82) is 0 Å². The van der Waals surface area contributed by atoms with Gasteiger partial charge in [-0.3, -0.25) is 0 Å². The first-order valence-corrected chi connectivity index (χ1v) is 5.71. The van der Waals surface area contributed by atoms with E-state index in [1.165, 1.54) is 11.3 Å². The summed E-state index contributed by atoms with van der Waals surface area (Å²) in [6.07, 6.45) is 0.950. The second kappa shape index (κ2) is 4.66. The molecule has 0 spiro atoms. The Bertz CT molecular complexity index is 336. The molecule has 0 saturated carbocycles. The zero-order valence-corrected chi connectivity index (χ0v) is 10.1. The minimum atomic E-state index is -0.898. The lowest BCUT2D eigenvalue weighted by atomic mass is 9.93. The third-order valence-corrected chi connectivity index (χ3v) is 2.80. The van der Waals surface area contributed by atoms with E-state index in [2.05, 4.69) is 20.8 Å². The molecule has 1 N–H and O–H groups in total. The lowest BCUT2D eigenvalue weighted by molar-refractivity contribution is 0.0701. The maximum Gasteiger partial charge on any atom is 0.346 e. The maximum atomic E-state index is 10.6. The average molecular weight is 228 g/mol. The predicted octanol–water partition coefficient (Wildman–Crippen LogP) is 3.26. The van der Waals surface area contributed by atoms with Crippen LogP contribution in [0.5, 0.6) is 5.75 Å². The van der Waals surface area contributed by atoms with Crippen LogP contribution in [0.2, 0.25) is 0 Å². The summed E-state index contributed by atoms with van der Waals surface area (Å²) >= 11 is 1.19. The maximum absolute atomic E-state index is 10.6. The van der Waals surface area contributed by atoms with E-state index in [-0.39, 0.29) is 5.41 Å². The van der Waals surface area contributed by atoms with Gasteiger partial charge in [0, 0.05) is 11.4 Å². The van der Waals surface area contributed by atoms with E-state index in [1.807, 2.05) is 0 Å². The van der Waals surface area contributed by atoms with Crippen molar-refractivity contribution in [2.45, 2.75) is 27.2 Å². The normalized spacial score (nSPS) is 11.4. The quantitative estimate of drug-likeness (QED) is 0.860. The fraction of sp³-hybridized carbons (Fsp3) is 0.545. The van der Waals surface area contributed by atoms with Gasteiger partial charge >= 0.3 is 5.97 Å². The van der Waals surface area contributed by atoms with Crippen molar-refractivity contribution < 1.29 is 14.6 Å². The van der Waals surface area contributed by atoms with Crippen LogP contribution in [0.3, 0.4) is 0 Å². The molecule has 84 valence electrons. The summed E-state index contributed by atoms with van der Waals surface area (Å²) in [7, 11) is 0. The van der Waals surface area contributed by atoms with Gasteiger partial charge in [0.2, 0.25) is 0 Å². The molecule has 0 amide bonds. The molecule has 0 saturated heterocycles. The van der Waals surface area contributed by atoms with Gasteiger partial charge in [-0.1, -0.05) is 20.8 Å². The number of ether oxygens (including phenoxy) is 1. The Morgan fingerprint density at radius 3 is 2.67 bits per heavy atom. The Balaban J connectivity index is 2.41. The first-order valence-electron chi connectivity index (χ1n) is 4.83. The fourth-order valence-electron chi connectivity index (χ4n) is 0.982. The number of thiophene rings is 1. The topological polar surface area (TPSA) is 46.5 Å². The molecule has 0 unspecified atom stereocenters. The summed E-state index contributed by atoms with van der Waals surface area (Å²) in [6, 6.07) is 1.57. The van der Waals surface area contributed by atoms with Crippen LogP contribution in [-0.4, -0.2) is 17.7 Å². The largest absolute Gasteiger partial charge is 0.493 e. The van der Waals surface area contributed by atoms with Crippen molar-refractivity contribution in [3.63, 3.8) is 0 Å². The van der Waals surface area contributed by atoms with E-state index in [1.54, 1.807) is 11.4 Å². The van der Waals surface area contributed by atoms with Crippen LogP contribution < -0.4 is 4.74 Å². The summed E-state index contributed by atoms with van der Waals surface area (Å²) < 4.78 is 5.46. The highest BCUT2D eigenvalue weighted by Gasteiger charge is 2.11. The Kier molecular flexibility index (Phi) is 3.74. The molecule has 15 heavy (non-hydrogen) atoms. The lowest BCUT2D eigenvalue weighted by Crippen LogP contribution is -2.10. The zero-order valence-electron chi connectivity index (χ0n) is 9.24. The van der Waals surface area contributed by atoms with E-state index >= 15 is 0 Å². The van der Waals surface area contributed by atoms with Crippen LogP contribution in [0.15, 0.2) is 11.4 Å². The monoisotopic (exact) mass is 228 g/mol. The smallest absolute Gasteiger partial charge is 0.346 e. The number of carboxylic acid groups (broad SMARTS) is 1. The van der Waals surface area contributed by atoms with Gasteiger partial charge in [-0.05, 0) is 11.8 Å². The minimum absolute atomic E-state index is 0.242. The van der Waals surface area contributed by atoms with Crippen LogP contribution in [0.4, 0.5) is 0 Å². The fourth-order valence-corrected chi connectivity index (χ4v) is 1.65. The molecule has 0 atom stereocenters. The van der Waals surface area contributed by atoms with E-state index in [0.717, 1.165) is 6.42 Å². The minimum Gasteiger partial charge on any atom is -0.493 e. The second-order valence-electron chi connectivity index (χ2n) is 4.61. The van der Waals surface area contributed by atoms with Crippen molar-refractivity contribution in [2.75, 3.05) is 6.61 Å². The molecule has 0 aliphatic heterocycles. The Morgan fingerprint density at radius 2 is 2.20 bits per heavy atom. The summed E-state index contributed by atoms with van der Waals surface area (Å²) in [5, 5.41) is 10.4. The molecule has 0 bridgehead atoms. The first-order chi connectivity index (χ1) is 6.88. The molecule has 0 aromatic carbocycles. The van der Waals surface area contributed by atoms with Crippen LogP contribution >= 0.6 is 11.3 Å². The SMILES string of the molecule is CC(C)(C)CCOc1csc(C(=O)O)c1. The van der Waals surface area contributed by atoms with E-state index in [9.17, 15) is 4.79 Å². The molecule has 1 rings (SSSR count). The molecule has 0 fully saturated rings. The molecule has 1 aromatic heterocycles. The van der Waals surface area contributed by atoms with Crippen LogP contribution in [0, 0.1) is 5.41 Å². The van der Waals surface area contributed by atoms with Gasteiger partial charge in [0.1, 0.15) is 10.6 Å². The molecule has 0 aliphatic rings. The molecule has 0 aliphatic carbocycles. The number of hydrogen-bond acceptors (Lipinski definition) is 3. The summed E-state index contributed by atoms with van der Waals surface area (Å²) in [6.45, 7) is 7.06. The van der Waals surface area contributed by atoms with Gasteiger partial charge in [0.15, 0.2) is 0 Å². The second-order valence-corrected chi connectivity index (χ2v) is 5.52. The van der Waals surface area contributed by atoms with Crippen molar-refractivity contribution in [3.05, 3.63) is 16.3 Å². The van der Waals surface area contributed by atoms with Crippen LogP contribution in [-0.2, 0) is 0 Å². The first kappa shape index (κ1) is 12.0. The van der Waals surface area contributed by atoms with Crippen LogP contribution in [0.1, 0.15) is 36.9 Å². The van der Waals surface area contributed by atoms with Crippen LogP contribution in [0.25, 0.3) is 0 Å². The molecule has 3 nitrogen and oxygen atoms in total. The zero-order chi connectivity index (χ0) is 11.5. The molecule has 1 aromatic rings. The summed E-state index contributed by atoms with van der Waals surface area (Å²) in [5.41, 5.74) is 0.242. The Labute approximate surface area is 93.7 Å². The van der Waals surface area contributed by atoms with Gasteiger partial charge < -0.3 is 9.84 Å². The van der Waals surface area contributed by atoms with Crippen molar-refractivity contribution >= 4 is 17.3 Å². The van der Waals surface area contributed by atoms with E-state index < -0.39 is 5.97 Å². The highest BCUT2D eigenvalue weighted by molar-refractivity contribution is 7.12. The van der Waals surface area contributed by atoms with Gasteiger partial charge in [-0.2, -0.15) is 0 Å². The van der Waals surface area contributed by atoms with E-state index in [0.29, 0.717) is 17.2 Å². The number of carbonyl (C=O) groups is 1. The molecular weight excluding hydrogens is 212 g/mol. The van der Waals surface area contributed by atoms with E-state index in [4.69, 9.17) is 9.84 Å². The van der Waals surface area contributed by atoms with Gasteiger partial charge in [-0.15, -0.1) is 11.3 Å². The predicted molar refractivity (Wildman–Crippen MR) is 60.8 cm³/mol. The lowest BCUT2D eigenvalue weighted by Gasteiger charge is -2.17. The number of rotatable bonds is 4. The highest BCUT2D eigenvalue weighted by Crippen LogP contribution is 2.23. The summed E-state index contributed by atoms with van der Waals surface area (Å²) in [4.78, 5) is 10.9. The highest BCUT2D eigenvalue weighted by atomic mass is 32.1. The number of hydrogen-bond donors (Lipinski definition) is 1. The van der Waals surface area contributed by atoms with Crippen molar-refractivity contribution in [3.8, 4) is 5.75 Å². The third-order valence-electron chi connectivity index (χ3n) is 1.91. The molecule has 4 heteroatoms. The van der Waals surface area contributed by atoms with Gasteiger partial charge in [-0.25, -0.2) is 4.79 Å². The van der Waals surface area contributed by atoms with Gasteiger partial charge in [0.25, 0.3) is 0 Å². The van der Waals surface area contributed by atoms with Crippen molar-refractivity contribution in [2.24, 2.45) is 5.41 Å². The van der Waals surface area contributed by atoms with Crippen molar-refractivity contribution in [1.82, 2.24) is 0 Å². The average Bonchev–Trinajstić information content (AvgIpc) is 2.50. The standard InChI is InChI=1S/C11H16O3S/c1-11(2,3)4-5-14-8-6-9(10(12)13)15-7-8/h6-7H,4-5H2,1-3H3,(H,12,13). The molecular formula is C11H16O3S. The molecule has 1 heterocycles.